The topological polar surface area (TPSA) is 95.9 Å². The van der Waals surface area contributed by atoms with Crippen molar-refractivity contribution in [3.8, 4) is 0 Å². The lowest BCUT2D eigenvalue weighted by Crippen LogP contribution is -2.42. The number of rotatable bonds is 7. The van der Waals surface area contributed by atoms with Gasteiger partial charge in [-0.25, -0.2) is 0 Å². The van der Waals surface area contributed by atoms with E-state index in [1.54, 1.807) is 30.3 Å². The third-order valence-electron chi connectivity index (χ3n) is 2.32. The van der Waals surface area contributed by atoms with Gasteiger partial charge in [-0.1, -0.05) is 30.3 Å². The molecule has 1 rings (SSSR count). The minimum absolute atomic E-state index is 0.110. The van der Waals surface area contributed by atoms with Gasteiger partial charge in [-0.05, 0) is 5.56 Å². The van der Waals surface area contributed by atoms with Crippen molar-refractivity contribution in [2.75, 3.05) is 14.1 Å². The quantitative estimate of drug-likeness (QED) is 0.686. The van der Waals surface area contributed by atoms with E-state index in [9.17, 15) is 13.2 Å². The zero-order chi connectivity index (χ0) is 14.5. The van der Waals surface area contributed by atoms with Crippen LogP contribution in [-0.4, -0.2) is 43.9 Å². The number of benzene rings is 1. The molecule has 0 aliphatic rings. The molecule has 0 aliphatic carbocycles. The molecule has 1 atom stereocenters. The molecule has 19 heavy (non-hydrogen) atoms. The van der Waals surface area contributed by atoms with Gasteiger partial charge in [0.15, 0.2) is 0 Å². The Bertz CT molecular complexity index is 515. The van der Waals surface area contributed by atoms with Gasteiger partial charge in [0.1, 0.15) is 6.04 Å². The minimum Gasteiger partial charge on any atom is -0.480 e. The van der Waals surface area contributed by atoms with Gasteiger partial charge in [0.2, 0.25) is 0 Å². The number of aliphatic carboxylic acids is 1. The Hall–Kier alpha value is -1.48. The second-order valence-corrected chi connectivity index (χ2v) is 5.77. The molecule has 8 heteroatoms. The maximum absolute atomic E-state index is 11.4. The first kappa shape index (κ1) is 15.6. The zero-order valence-electron chi connectivity index (χ0n) is 10.6. The predicted molar refractivity (Wildman–Crippen MR) is 68.4 cm³/mol. The summed E-state index contributed by atoms with van der Waals surface area (Å²) in [5, 5.41) is 9.02. The largest absolute Gasteiger partial charge is 0.480 e. The first-order valence-electron chi connectivity index (χ1n) is 5.46. The molecule has 0 saturated heterocycles. The van der Waals surface area contributed by atoms with Gasteiger partial charge in [-0.2, -0.15) is 22.5 Å². The van der Waals surface area contributed by atoms with Gasteiger partial charge in [-0.15, -0.1) is 0 Å². The van der Waals surface area contributed by atoms with E-state index in [1.807, 2.05) is 0 Å². The van der Waals surface area contributed by atoms with Crippen LogP contribution >= 0.6 is 0 Å². The van der Waals surface area contributed by atoms with Gasteiger partial charge in [0.25, 0.3) is 0 Å². The summed E-state index contributed by atoms with van der Waals surface area (Å²) in [5.41, 5.74) is 2.82. The summed E-state index contributed by atoms with van der Waals surface area (Å²) in [6.07, 6.45) is 0.110. The van der Waals surface area contributed by atoms with Crippen LogP contribution in [0.4, 0.5) is 0 Å². The standard InChI is InChI=1S/C11H16N2O5S/c1-13(2)19(16,17)18-12-10(11(14)15)8-9-6-4-3-5-7-9/h3-7,10,12H,8H2,1-2H3,(H,14,15). The second-order valence-electron chi connectivity index (χ2n) is 4.02. The Kier molecular flexibility index (Phi) is 5.43. The molecule has 106 valence electrons. The van der Waals surface area contributed by atoms with E-state index in [4.69, 9.17) is 5.11 Å². The van der Waals surface area contributed by atoms with Crippen molar-refractivity contribution >= 4 is 16.3 Å². The number of carbonyl (C=O) groups is 1. The first-order valence-corrected chi connectivity index (χ1v) is 6.82. The molecular formula is C11H16N2O5S. The van der Waals surface area contributed by atoms with Crippen LogP contribution in [0.15, 0.2) is 30.3 Å². The normalized spacial score (nSPS) is 13.4. The molecule has 7 nitrogen and oxygen atoms in total. The van der Waals surface area contributed by atoms with Crippen LogP contribution in [0.2, 0.25) is 0 Å². The fourth-order valence-electron chi connectivity index (χ4n) is 1.22. The zero-order valence-corrected chi connectivity index (χ0v) is 11.4. The number of nitrogens with zero attached hydrogens (tertiary/aromatic N) is 1. The molecule has 0 radical (unpaired) electrons. The van der Waals surface area contributed by atoms with Crippen molar-refractivity contribution in [2.45, 2.75) is 12.5 Å². The Morgan fingerprint density at radius 2 is 1.95 bits per heavy atom. The maximum atomic E-state index is 11.4. The van der Waals surface area contributed by atoms with Gasteiger partial charge in [0, 0.05) is 20.5 Å². The van der Waals surface area contributed by atoms with Crippen LogP contribution in [0.1, 0.15) is 5.56 Å². The van der Waals surface area contributed by atoms with Crippen molar-refractivity contribution in [3.05, 3.63) is 35.9 Å². The number of hydrogen-bond acceptors (Lipinski definition) is 5. The van der Waals surface area contributed by atoms with E-state index >= 15 is 0 Å². The van der Waals surface area contributed by atoms with Crippen LogP contribution in [-0.2, 0) is 25.8 Å². The highest BCUT2D eigenvalue weighted by Gasteiger charge is 2.22. The third kappa shape index (κ3) is 4.95. The molecule has 0 heterocycles. The molecule has 0 bridgehead atoms. The second kappa shape index (κ2) is 6.62. The molecule has 0 aromatic heterocycles. The lowest BCUT2D eigenvalue weighted by molar-refractivity contribution is -0.141. The summed E-state index contributed by atoms with van der Waals surface area (Å²) in [6.45, 7) is 0. The lowest BCUT2D eigenvalue weighted by Gasteiger charge is -2.16. The van der Waals surface area contributed by atoms with Crippen LogP contribution in [0, 0.1) is 0 Å². The van der Waals surface area contributed by atoms with Crippen LogP contribution in [0.25, 0.3) is 0 Å². The molecule has 1 aromatic rings. The van der Waals surface area contributed by atoms with Crippen molar-refractivity contribution in [1.29, 1.82) is 0 Å². The van der Waals surface area contributed by atoms with Gasteiger partial charge >= 0.3 is 16.3 Å². The lowest BCUT2D eigenvalue weighted by atomic mass is 10.1. The first-order chi connectivity index (χ1) is 8.83. The summed E-state index contributed by atoms with van der Waals surface area (Å²) in [6, 6.07) is 7.69. The summed E-state index contributed by atoms with van der Waals surface area (Å²) < 4.78 is 28.0. The summed E-state index contributed by atoms with van der Waals surface area (Å²) in [4.78, 5) is 11.0. The Morgan fingerprint density at radius 3 is 2.42 bits per heavy atom. The predicted octanol–water partition coefficient (Wildman–Crippen LogP) is 0.00990. The summed E-state index contributed by atoms with van der Waals surface area (Å²) in [5.74, 6) is -1.20. The van der Waals surface area contributed by atoms with E-state index in [0.717, 1.165) is 9.87 Å². The molecule has 1 unspecified atom stereocenters. The highest BCUT2D eigenvalue weighted by Crippen LogP contribution is 2.04. The number of hydrogen-bond donors (Lipinski definition) is 2. The van der Waals surface area contributed by atoms with E-state index in [1.165, 1.54) is 14.1 Å². The summed E-state index contributed by atoms with van der Waals surface area (Å²) in [7, 11) is -1.40. The van der Waals surface area contributed by atoms with Gasteiger partial charge in [0.05, 0.1) is 0 Å². The number of hydroxylamine groups is 1. The van der Waals surface area contributed by atoms with E-state index in [0.29, 0.717) is 0 Å². The molecule has 1 aromatic carbocycles. The van der Waals surface area contributed by atoms with E-state index < -0.39 is 22.3 Å². The Labute approximate surface area is 112 Å². The molecular weight excluding hydrogens is 272 g/mol. The average Bonchev–Trinajstić information content (AvgIpc) is 2.35. The highest BCUT2D eigenvalue weighted by molar-refractivity contribution is 7.84. The fraction of sp³-hybridized carbons (Fsp3) is 0.364. The van der Waals surface area contributed by atoms with Crippen molar-refractivity contribution in [2.24, 2.45) is 0 Å². The number of carboxylic acid groups (broad SMARTS) is 1. The smallest absolute Gasteiger partial charge is 0.354 e. The molecule has 0 amide bonds. The SMILES string of the molecule is CN(C)S(=O)(=O)ONC(Cc1ccccc1)C(=O)O. The van der Waals surface area contributed by atoms with Crippen molar-refractivity contribution < 1.29 is 22.6 Å². The third-order valence-corrected chi connectivity index (χ3v) is 3.52. The van der Waals surface area contributed by atoms with Gasteiger partial charge in [-0.3, -0.25) is 4.79 Å². The maximum Gasteiger partial charge on any atom is 0.354 e. The molecule has 0 saturated carbocycles. The van der Waals surface area contributed by atoms with Crippen LogP contribution in [0.3, 0.4) is 0 Å². The van der Waals surface area contributed by atoms with E-state index in [-0.39, 0.29) is 6.42 Å². The van der Waals surface area contributed by atoms with Crippen LogP contribution in [0.5, 0.6) is 0 Å². The number of carboxylic acids is 1. The molecule has 0 spiro atoms. The molecule has 0 aliphatic heterocycles. The highest BCUT2D eigenvalue weighted by atomic mass is 32.2. The average molecular weight is 288 g/mol. The Balaban J connectivity index is 2.68. The molecule has 2 N–H and O–H groups in total. The fourth-order valence-corrected chi connectivity index (χ4v) is 1.61. The summed E-state index contributed by atoms with van der Waals surface area (Å²) >= 11 is 0. The molecule has 0 fully saturated rings. The van der Waals surface area contributed by atoms with Crippen molar-refractivity contribution in [3.63, 3.8) is 0 Å². The number of nitrogens with one attached hydrogen (secondary N) is 1. The van der Waals surface area contributed by atoms with Gasteiger partial charge < -0.3 is 5.11 Å². The minimum atomic E-state index is -3.96. The van der Waals surface area contributed by atoms with Crippen LogP contribution < -0.4 is 5.48 Å². The van der Waals surface area contributed by atoms with E-state index in [2.05, 4.69) is 9.76 Å². The van der Waals surface area contributed by atoms with Crippen molar-refractivity contribution in [1.82, 2.24) is 9.79 Å². The Morgan fingerprint density at radius 1 is 1.37 bits per heavy atom. The monoisotopic (exact) mass is 288 g/mol.